The van der Waals surface area contributed by atoms with Gasteiger partial charge in [0.25, 0.3) is 5.91 Å². The molecular formula is C19H25N3O4S. The van der Waals surface area contributed by atoms with Crippen molar-refractivity contribution in [3.05, 3.63) is 41.6 Å². The Labute approximate surface area is 159 Å². The molecule has 1 amide bonds. The average molecular weight is 391 g/mol. The first kappa shape index (κ1) is 19.4. The highest BCUT2D eigenvalue weighted by Gasteiger charge is 2.33. The number of aromatic nitrogens is 2. The summed E-state index contributed by atoms with van der Waals surface area (Å²) in [5.41, 5.74) is 1.03. The van der Waals surface area contributed by atoms with Gasteiger partial charge < -0.3 is 10.1 Å². The van der Waals surface area contributed by atoms with Crippen molar-refractivity contribution in [2.24, 2.45) is 0 Å². The Hall–Kier alpha value is -2.35. The molecule has 0 aliphatic carbocycles. The van der Waals surface area contributed by atoms with Crippen LogP contribution in [0.1, 0.15) is 49.3 Å². The summed E-state index contributed by atoms with van der Waals surface area (Å²) in [6, 6.07) is 8.41. The molecular weight excluding hydrogens is 366 g/mol. The molecule has 2 aromatic rings. The van der Waals surface area contributed by atoms with Crippen LogP contribution < -0.4 is 10.1 Å². The van der Waals surface area contributed by atoms with Crippen molar-refractivity contribution in [3.63, 3.8) is 0 Å². The number of methoxy groups -OCH3 is 1. The smallest absolute Gasteiger partial charge is 0.256 e. The van der Waals surface area contributed by atoms with Crippen molar-refractivity contribution in [1.82, 2.24) is 9.78 Å². The van der Waals surface area contributed by atoms with Crippen LogP contribution in [0.5, 0.6) is 5.75 Å². The summed E-state index contributed by atoms with van der Waals surface area (Å²) >= 11 is 0. The summed E-state index contributed by atoms with van der Waals surface area (Å²) in [7, 11) is -1.52. The van der Waals surface area contributed by atoms with Gasteiger partial charge in [0, 0.05) is 17.0 Å². The molecule has 3 rings (SSSR count). The van der Waals surface area contributed by atoms with E-state index >= 15 is 0 Å². The van der Waals surface area contributed by atoms with Crippen molar-refractivity contribution in [3.8, 4) is 5.75 Å². The number of carbonyl (C=O) groups excluding carboxylic acids is 1. The summed E-state index contributed by atoms with van der Waals surface area (Å²) < 4.78 is 30.6. The molecule has 146 valence electrons. The van der Waals surface area contributed by atoms with E-state index < -0.39 is 9.84 Å². The van der Waals surface area contributed by atoms with Gasteiger partial charge in [-0.3, -0.25) is 4.79 Å². The Morgan fingerprint density at radius 1 is 1.30 bits per heavy atom. The maximum atomic E-state index is 12.7. The Morgan fingerprint density at radius 3 is 2.63 bits per heavy atom. The van der Waals surface area contributed by atoms with Crippen molar-refractivity contribution in [2.45, 2.75) is 38.6 Å². The van der Waals surface area contributed by atoms with Crippen LogP contribution in [0, 0.1) is 0 Å². The number of anilines is 1. The van der Waals surface area contributed by atoms with Gasteiger partial charge in [-0.05, 0) is 24.6 Å². The third-order valence-corrected chi connectivity index (χ3v) is 6.38. The van der Waals surface area contributed by atoms with Crippen LogP contribution in [0.2, 0.25) is 0 Å². The first-order chi connectivity index (χ1) is 12.6. The third-order valence-electron chi connectivity index (χ3n) is 4.63. The number of sulfone groups is 1. The molecule has 1 fully saturated rings. The maximum Gasteiger partial charge on any atom is 0.256 e. The van der Waals surface area contributed by atoms with E-state index in [1.807, 2.05) is 26.8 Å². The molecule has 0 bridgehead atoms. The molecule has 8 heteroatoms. The van der Waals surface area contributed by atoms with E-state index in [0.29, 0.717) is 23.6 Å². The van der Waals surface area contributed by atoms with E-state index in [1.54, 1.807) is 36.1 Å². The summed E-state index contributed by atoms with van der Waals surface area (Å²) in [6.45, 7) is 6.08. The highest BCUT2D eigenvalue weighted by Crippen LogP contribution is 2.31. The van der Waals surface area contributed by atoms with E-state index in [4.69, 9.17) is 4.74 Å². The summed E-state index contributed by atoms with van der Waals surface area (Å²) in [5.74, 6) is 0.992. The Bertz CT molecular complexity index is 958. The summed E-state index contributed by atoms with van der Waals surface area (Å²) in [5, 5.41) is 7.51. The lowest BCUT2D eigenvalue weighted by Gasteiger charge is -2.15. The van der Waals surface area contributed by atoms with Gasteiger partial charge in [0.1, 0.15) is 11.6 Å². The van der Waals surface area contributed by atoms with Crippen LogP contribution in [0.25, 0.3) is 0 Å². The van der Waals surface area contributed by atoms with Crippen molar-refractivity contribution >= 4 is 21.6 Å². The number of rotatable bonds is 4. The molecule has 7 nitrogen and oxygen atoms in total. The Kier molecular flexibility index (Phi) is 5.03. The first-order valence-corrected chi connectivity index (χ1v) is 10.7. The fourth-order valence-electron chi connectivity index (χ4n) is 3.05. The average Bonchev–Trinajstić information content (AvgIpc) is 3.17. The molecule has 1 aromatic carbocycles. The molecule has 1 saturated heterocycles. The van der Waals surface area contributed by atoms with Gasteiger partial charge in [0.2, 0.25) is 0 Å². The minimum Gasteiger partial charge on any atom is -0.497 e. The lowest BCUT2D eigenvalue weighted by atomic mass is 9.92. The van der Waals surface area contributed by atoms with Crippen LogP contribution in [0.15, 0.2) is 30.3 Å². The van der Waals surface area contributed by atoms with Gasteiger partial charge >= 0.3 is 0 Å². The van der Waals surface area contributed by atoms with Gasteiger partial charge in [-0.1, -0.05) is 26.8 Å². The molecule has 1 aliphatic heterocycles. The second kappa shape index (κ2) is 6.99. The highest BCUT2D eigenvalue weighted by atomic mass is 32.2. The molecule has 0 unspecified atom stereocenters. The maximum absolute atomic E-state index is 12.7. The van der Waals surface area contributed by atoms with Crippen LogP contribution >= 0.6 is 0 Å². The minimum atomic E-state index is -3.07. The molecule has 1 aliphatic rings. The predicted octanol–water partition coefficient (Wildman–Crippen LogP) is 2.80. The molecule has 0 radical (unpaired) electrons. The number of carbonyl (C=O) groups is 1. The lowest BCUT2D eigenvalue weighted by molar-refractivity contribution is 0.102. The largest absolute Gasteiger partial charge is 0.497 e. The zero-order chi connectivity index (χ0) is 19.8. The van der Waals surface area contributed by atoms with Crippen molar-refractivity contribution in [2.75, 3.05) is 23.9 Å². The van der Waals surface area contributed by atoms with Crippen LogP contribution in [0.3, 0.4) is 0 Å². The quantitative estimate of drug-likeness (QED) is 0.865. The zero-order valence-corrected chi connectivity index (χ0v) is 16.8. The zero-order valence-electron chi connectivity index (χ0n) is 16.0. The molecule has 0 saturated carbocycles. The van der Waals surface area contributed by atoms with Gasteiger partial charge in [0.05, 0.1) is 30.4 Å². The Morgan fingerprint density at radius 2 is 2.04 bits per heavy atom. The van der Waals surface area contributed by atoms with E-state index in [-0.39, 0.29) is 28.9 Å². The normalized spacial score (nSPS) is 19.0. The number of nitrogens with one attached hydrogen (secondary N) is 1. The standard InChI is InChI=1S/C19H25N3O4S/c1-19(2,3)16-11-17(22(21-16)14-8-9-27(24,25)12-14)20-18(23)13-6-5-7-15(10-13)26-4/h5-7,10-11,14H,8-9,12H2,1-4H3,(H,20,23)/t14-/m0/s1. The second-order valence-electron chi connectivity index (χ2n) is 7.85. The molecule has 1 atom stereocenters. The van der Waals surface area contributed by atoms with E-state index in [1.165, 1.54) is 0 Å². The number of ether oxygens (including phenoxy) is 1. The third kappa shape index (κ3) is 4.32. The molecule has 0 spiro atoms. The molecule has 27 heavy (non-hydrogen) atoms. The van der Waals surface area contributed by atoms with Gasteiger partial charge in [-0.25, -0.2) is 13.1 Å². The Balaban J connectivity index is 1.93. The van der Waals surface area contributed by atoms with E-state index in [9.17, 15) is 13.2 Å². The monoisotopic (exact) mass is 391 g/mol. The van der Waals surface area contributed by atoms with Crippen molar-refractivity contribution in [1.29, 1.82) is 0 Å². The fraction of sp³-hybridized carbons (Fsp3) is 0.474. The predicted molar refractivity (Wildman–Crippen MR) is 104 cm³/mol. The SMILES string of the molecule is COc1cccc(C(=O)Nc2cc(C(C)(C)C)nn2[C@H]2CCS(=O)(=O)C2)c1. The van der Waals surface area contributed by atoms with E-state index in [2.05, 4.69) is 10.4 Å². The first-order valence-electron chi connectivity index (χ1n) is 8.85. The minimum absolute atomic E-state index is 0.0420. The van der Waals surface area contributed by atoms with Crippen molar-refractivity contribution < 1.29 is 17.9 Å². The summed E-state index contributed by atoms with van der Waals surface area (Å²) in [4.78, 5) is 12.7. The molecule has 2 heterocycles. The highest BCUT2D eigenvalue weighted by molar-refractivity contribution is 7.91. The number of hydrogen-bond acceptors (Lipinski definition) is 5. The van der Waals surface area contributed by atoms with Crippen LogP contribution in [-0.4, -0.2) is 42.7 Å². The van der Waals surface area contributed by atoms with Gasteiger partial charge in [-0.2, -0.15) is 5.10 Å². The topological polar surface area (TPSA) is 90.3 Å². The molecule has 1 N–H and O–H groups in total. The summed E-state index contributed by atoms with van der Waals surface area (Å²) in [6.07, 6.45) is 0.496. The van der Waals surface area contributed by atoms with Gasteiger partial charge in [-0.15, -0.1) is 0 Å². The second-order valence-corrected chi connectivity index (χ2v) is 10.1. The fourth-order valence-corrected chi connectivity index (χ4v) is 4.75. The molecule has 1 aromatic heterocycles. The van der Waals surface area contributed by atoms with E-state index in [0.717, 1.165) is 5.69 Å². The lowest BCUT2D eigenvalue weighted by Crippen LogP contribution is -2.20. The number of nitrogens with zero attached hydrogens (tertiary/aromatic N) is 2. The number of hydrogen-bond donors (Lipinski definition) is 1. The van der Waals surface area contributed by atoms with Gasteiger partial charge in [0.15, 0.2) is 9.84 Å². The number of amides is 1. The van der Waals surface area contributed by atoms with Crippen LogP contribution in [-0.2, 0) is 15.3 Å². The van der Waals surface area contributed by atoms with Crippen LogP contribution in [0.4, 0.5) is 5.82 Å². The number of benzene rings is 1.